The summed E-state index contributed by atoms with van der Waals surface area (Å²) < 4.78 is 10.9. The highest BCUT2D eigenvalue weighted by atomic mass is 16.5. The summed E-state index contributed by atoms with van der Waals surface area (Å²) in [7, 11) is 0. The van der Waals surface area contributed by atoms with Crippen molar-refractivity contribution in [3.05, 3.63) is 95.8 Å². The summed E-state index contributed by atoms with van der Waals surface area (Å²) >= 11 is 0. The highest BCUT2D eigenvalue weighted by Gasteiger charge is 2.16. The second-order valence-electron chi connectivity index (χ2n) is 7.38. The van der Waals surface area contributed by atoms with Crippen molar-refractivity contribution in [1.29, 1.82) is 0 Å². The first-order chi connectivity index (χ1) is 15.6. The number of hydrogen-bond donors (Lipinski definition) is 2. The zero-order valence-electron chi connectivity index (χ0n) is 17.3. The Morgan fingerprint density at radius 2 is 1.41 bits per heavy atom. The van der Waals surface area contributed by atoms with Gasteiger partial charge in [-0.25, -0.2) is 4.79 Å². The molecule has 5 aromatic rings. The fourth-order valence-electron chi connectivity index (χ4n) is 3.66. The molecule has 0 aliphatic rings. The Balaban J connectivity index is 1.36. The number of para-hydroxylation sites is 1. The molecule has 6 nitrogen and oxygen atoms in total. The van der Waals surface area contributed by atoms with Crippen LogP contribution in [0.4, 0.5) is 0 Å². The third-order valence-electron chi connectivity index (χ3n) is 5.22. The average Bonchev–Trinajstić information content (AvgIpc) is 3.43. The van der Waals surface area contributed by atoms with Crippen molar-refractivity contribution >= 4 is 33.6 Å². The molecule has 0 fully saturated rings. The van der Waals surface area contributed by atoms with Crippen LogP contribution in [-0.2, 0) is 0 Å². The number of esters is 1. The number of rotatable bonds is 6. The maximum Gasteiger partial charge on any atom is 0.343 e. The molecular formula is C26H20N2O4. The molecule has 2 aromatic heterocycles. The zero-order valence-corrected chi connectivity index (χ0v) is 17.3. The molecule has 2 N–H and O–H groups in total. The third-order valence-corrected chi connectivity index (χ3v) is 5.22. The van der Waals surface area contributed by atoms with Gasteiger partial charge in [-0.3, -0.25) is 4.79 Å². The van der Waals surface area contributed by atoms with Crippen LogP contribution < -0.4 is 9.47 Å². The minimum atomic E-state index is -0.461. The molecule has 0 spiro atoms. The van der Waals surface area contributed by atoms with E-state index in [0.717, 1.165) is 21.8 Å². The maximum atomic E-state index is 12.9. The molecule has 158 valence electrons. The first-order valence-electron chi connectivity index (χ1n) is 10.3. The second-order valence-corrected chi connectivity index (χ2v) is 7.38. The van der Waals surface area contributed by atoms with Crippen LogP contribution in [-0.4, -0.2) is 28.3 Å². The number of aromatic nitrogens is 2. The van der Waals surface area contributed by atoms with Crippen LogP contribution in [0.2, 0.25) is 0 Å². The van der Waals surface area contributed by atoms with Gasteiger partial charge in [-0.1, -0.05) is 18.2 Å². The van der Waals surface area contributed by atoms with Crippen LogP contribution in [0.3, 0.4) is 0 Å². The predicted molar refractivity (Wildman–Crippen MR) is 123 cm³/mol. The summed E-state index contributed by atoms with van der Waals surface area (Å²) in [5.41, 5.74) is 3.10. The van der Waals surface area contributed by atoms with E-state index in [0.29, 0.717) is 35.1 Å². The number of carbonyl (C=O) groups excluding carboxylic acids is 2. The van der Waals surface area contributed by atoms with Gasteiger partial charge in [-0.05, 0) is 67.6 Å². The number of aromatic amines is 2. The number of fused-ring (bicyclic) bond motifs is 2. The van der Waals surface area contributed by atoms with Gasteiger partial charge in [0.15, 0.2) is 0 Å². The number of hydrogen-bond acceptors (Lipinski definition) is 4. The molecule has 2 heterocycles. The van der Waals surface area contributed by atoms with Gasteiger partial charge in [-0.15, -0.1) is 0 Å². The van der Waals surface area contributed by atoms with Crippen molar-refractivity contribution < 1.29 is 19.1 Å². The smallest absolute Gasteiger partial charge is 0.343 e. The number of nitrogens with one attached hydrogen (secondary N) is 2. The molecule has 0 saturated carbocycles. The summed E-state index contributed by atoms with van der Waals surface area (Å²) in [5, 5.41) is 1.76. The molecule has 3 aromatic carbocycles. The molecule has 0 saturated heterocycles. The molecule has 0 atom stereocenters. The second kappa shape index (κ2) is 8.07. The Labute approximate surface area is 183 Å². The monoisotopic (exact) mass is 424 g/mol. The van der Waals surface area contributed by atoms with Crippen LogP contribution in [0.15, 0.2) is 78.9 Å². The number of ether oxygens (including phenoxy) is 2. The largest absolute Gasteiger partial charge is 0.494 e. The lowest BCUT2D eigenvalue weighted by Crippen LogP contribution is -2.08. The van der Waals surface area contributed by atoms with Gasteiger partial charge in [0.2, 0.25) is 5.78 Å². The van der Waals surface area contributed by atoms with E-state index in [1.807, 2.05) is 37.3 Å². The van der Waals surface area contributed by atoms with Gasteiger partial charge in [0.1, 0.15) is 11.5 Å². The number of ketones is 1. The summed E-state index contributed by atoms with van der Waals surface area (Å²) in [4.78, 5) is 31.7. The van der Waals surface area contributed by atoms with Gasteiger partial charge in [0, 0.05) is 21.8 Å². The van der Waals surface area contributed by atoms with Crippen molar-refractivity contribution in [2.75, 3.05) is 6.61 Å². The lowest BCUT2D eigenvalue weighted by molar-refractivity contribution is 0.0734. The molecule has 0 aliphatic heterocycles. The normalized spacial score (nSPS) is 11.0. The molecule has 0 radical (unpaired) electrons. The van der Waals surface area contributed by atoms with Crippen molar-refractivity contribution in [2.45, 2.75) is 6.92 Å². The lowest BCUT2D eigenvalue weighted by atomic mass is 10.2. The Hall–Kier alpha value is -4.32. The Kier molecular flexibility index (Phi) is 4.95. The fraction of sp³-hybridized carbons (Fsp3) is 0.0769. The fourth-order valence-corrected chi connectivity index (χ4v) is 3.66. The van der Waals surface area contributed by atoms with E-state index in [1.54, 1.807) is 48.5 Å². The van der Waals surface area contributed by atoms with Crippen molar-refractivity contribution in [1.82, 2.24) is 9.97 Å². The van der Waals surface area contributed by atoms with Crippen LogP contribution in [0.25, 0.3) is 21.8 Å². The maximum absolute atomic E-state index is 12.9. The summed E-state index contributed by atoms with van der Waals surface area (Å²) in [6, 6.07) is 23.4. The third kappa shape index (κ3) is 3.74. The highest BCUT2D eigenvalue weighted by molar-refractivity contribution is 6.11. The van der Waals surface area contributed by atoms with Crippen LogP contribution in [0.1, 0.15) is 33.5 Å². The van der Waals surface area contributed by atoms with Gasteiger partial charge in [0.05, 0.1) is 23.6 Å². The Morgan fingerprint density at radius 1 is 0.750 bits per heavy atom. The van der Waals surface area contributed by atoms with E-state index in [4.69, 9.17) is 9.47 Å². The van der Waals surface area contributed by atoms with E-state index >= 15 is 0 Å². The molecule has 0 unspecified atom stereocenters. The topological polar surface area (TPSA) is 84.2 Å². The van der Waals surface area contributed by atoms with E-state index in [-0.39, 0.29) is 5.78 Å². The summed E-state index contributed by atoms with van der Waals surface area (Å²) in [5.74, 6) is 0.507. The molecule has 6 heteroatoms. The summed E-state index contributed by atoms with van der Waals surface area (Å²) in [6.07, 6.45) is 0. The molecule has 0 bridgehead atoms. The number of benzene rings is 3. The first kappa shape index (κ1) is 19.6. The van der Waals surface area contributed by atoms with Gasteiger partial charge in [-0.2, -0.15) is 0 Å². The Bertz CT molecular complexity index is 1410. The molecule has 5 rings (SSSR count). The van der Waals surface area contributed by atoms with Crippen LogP contribution in [0.5, 0.6) is 11.5 Å². The van der Waals surface area contributed by atoms with Gasteiger partial charge >= 0.3 is 5.97 Å². The first-order valence-corrected chi connectivity index (χ1v) is 10.3. The van der Waals surface area contributed by atoms with Crippen molar-refractivity contribution in [3.63, 3.8) is 0 Å². The van der Waals surface area contributed by atoms with Crippen LogP contribution in [0, 0.1) is 0 Å². The van der Waals surface area contributed by atoms with Crippen molar-refractivity contribution in [3.8, 4) is 11.5 Å². The molecular weight excluding hydrogens is 404 g/mol. The van der Waals surface area contributed by atoms with Gasteiger partial charge < -0.3 is 19.4 Å². The van der Waals surface area contributed by atoms with Gasteiger partial charge in [0.25, 0.3) is 0 Å². The molecule has 0 aliphatic carbocycles. The van der Waals surface area contributed by atoms with Crippen LogP contribution >= 0.6 is 0 Å². The zero-order chi connectivity index (χ0) is 22.1. The SMILES string of the molecule is CCOc1ccc(C(=O)Oc2ccc3[nH]c(C(=O)c4cc5ccccc5[nH]4)cc3c2)cc1. The highest BCUT2D eigenvalue weighted by Crippen LogP contribution is 2.25. The minimum Gasteiger partial charge on any atom is -0.494 e. The predicted octanol–water partition coefficient (Wildman–Crippen LogP) is 5.50. The lowest BCUT2D eigenvalue weighted by Gasteiger charge is -2.06. The van der Waals surface area contributed by atoms with Crippen molar-refractivity contribution in [2.24, 2.45) is 0 Å². The number of carbonyl (C=O) groups is 2. The van der Waals surface area contributed by atoms with E-state index in [9.17, 15) is 9.59 Å². The van der Waals surface area contributed by atoms with E-state index in [1.165, 1.54) is 0 Å². The Morgan fingerprint density at radius 3 is 2.12 bits per heavy atom. The van der Waals surface area contributed by atoms with E-state index in [2.05, 4.69) is 9.97 Å². The number of H-pyrrole nitrogens is 2. The molecule has 32 heavy (non-hydrogen) atoms. The quantitative estimate of drug-likeness (QED) is 0.214. The van der Waals surface area contributed by atoms with E-state index < -0.39 is 5.97 Å². The standard InChI is InChI=1S/C26H20N2O4/c1-2-31-19-9-7-16(8-10-19)26(30)32-20-11-12-22-18(13-20)15-24(28-22)25(29)23-14-17-5-3-4-6-21(17)27-23/h3-15,27-28H,2H2,1H3. The average molecular weight is 424 g/mol. The minimum absolute atomic E-state index is 0.134. The summed E-state index contributed by atoms with van der Waals surface area (Å²) in [6.45, 7) is 2.46. The molecule has 0 amide bonds.